The first-order valence-electron chi connectivity index (χ1n) is 6.53. The number of rotatable bonds is 2. The second-order valence-corrected chi connectivity index (χ2v) is 5.30. The average Bonchev–Trinajstić information content (AvgIpc) is 3.02. The first kappa shape index (κ1) is 10.3. The molecule has 5 heteroatoms. The number of fused-ring (bicyclic) bond motifs is 3. The van der Waals surface area contributed by atoms with Crippen molar-refractivity contribution in [2.45, 2.75) is 44.4 Å². The fourth-order valence-corrected chi connectivity index (χ4v) is 3.00. The van der Waals surface area contributed by atoms with E-state index < -0.39 is 0 Å². The highest BCUT2D eigenvalue weighted by Crippen LogP contribution is 2.35. The summed E-state index contributed by atoms with van der Waals surface area (Å²) >= 11 is 0. The van der Waals surface area contributed by atoms with E-state index in [0.717, 1.165) is 18.5 Å². The maximum Gasteiger partial charge on any atom is 0.243 e. The molecule has 0 aromatic carbocycles. The van der Waals surface area contributed by atoms with Gasteiger partial charge in [0.25, 0.3) is 0 Å². The number of anilines is 1. The minimum Gasteiger partial charge on any atom is -0.373 e. The lowest BCUT2D eigenvalue weighted by Gasteiger charge is -2.18. The fraction of sp³-hybridized carbons (Fsp3) is 0.538. The van der Waals surface area contributed by atoms with Crippen LogP contribution in [0.5, 0.6) is 0 Å². The molecule has 2 aromatic rings. The van der Waals surface area contributed by atoms with Gasteiger partial charge in [0.05, 0.1) is 18.2 Å². The fourth-order valence-electron chi connectivity index (χ4n) is 3.00. The molecule has 2 fully saturated rings. The highest BCUT2D eigenvalue weighted by Gasteiger charge is 2.41. The number of pyridine rings is 1. The van der Waals surface area contributed by atoms with Crippen LogP contribution in [0.25, 0.3) is 5.65 Å². The third-order valence-corrected chi connectivity index (χ3v) is 3.91. The number of nitrogens with one attached hydrogen (secondary N) is 1. The SMILES string of the molecule is Cc1ccn2nc(NC3CC4CCC3O4)nc2c1. The molecule has 5 nitrogen and oxygen atoms in total. The zero-order chi connectivity index (χ0) is 12.1. The van der Waals surface area contributed by atoms with Gasteiger partial charge in [0, 0.05) is 6.20 Å². The average molecular weight is 244 g/mol. The van der Waals surface area contributed by atoms with Crippen LogP contribution in [0, 0.1) is 6.92 Å². The number of ether oxygens (including phenoxy) is 1. The molecule has 2 aromatic heterocycles. The number of hydrogen-bond donors (Lipinski definition) is 1. The third-order valence-electron chi connectivity index (χ3n) is 3.91. The van der Waals surface area contributed by atoms with E-state index in [2.05, 4.69) is 22.3 Å². The van der Waals surface area contributed by atoms with Crippen molar-refractivity contribution in [2.75, 3.05) is 5.32 Å². The van der Waals surface area contributed by atoms with Gasteiger partial charge in [-0.2, -0.15) is 4.98 Å². The maximum atomic E-state index is 5.83. The standard InChI is InChI=1S/C13H16N4O/c1-8-4-5-17-12(6-8)15-13(16-17)14-10-7-9-2-3-11(10)18-9/h4-6,9-11H,2-3,7H2,1H3,(H,14,16). The lowest BCUT2D eigenvalue weighted by Crippen LogP contribution is -2.30. The van der Waals surface area contributed by atoms with E-state index in [1.54, 1.807) is 0 Å². The van der Waals surface area contributed by atoms with Gasteiger partial charge in [-0.15, -0.1) is 5.10 Å². The second kappa shape index (κ2) is 3.68. The lowest BCUT2D eigenvalue weighted by molar-refractivity contribution is 0.102. The van der Waals surface area contributed by atoms with Gasteiger partial charge in [-0.25, -0.2) is 4.52 Å². The molecular formula is C13H16N4O. The largest absolute Gasteiger partial charge is 0.373 e. The van der Waals surface area contributed by atoms with E-state index in [1.807, 2.05) is 22.8 Å². The Labute approximate surface area is 105 Å². The van der Waals surface area contributed by atoms with Gasteiger partial charge >= 0.3 is 0 Å². The third kappa shape index (κ3) is 1.58. The van der Waals surface area contributed by atoms with Crippen molar-refractivity contribution < 1.29 is 4.74 Å². The molecular weight excluding hydrogens is 228 g/mol. The molecule has 0 aliphatic carbocycles. The zero-order valence-corrected chi connectivity index (χ0v) is 10.3. The summed E-state index contributed by atoms with van der Waals surface area (Å²) in [5, 5.41) is 7.85. The van der Waals surface area contributed by atoms with Crippen molar-refractivity contribution in [2.24, 2.45) is 0 Å². The number of aryl methyl sites for hydroxylation is 1. The van der Waals surface area contributed by atoms with Crippen LogP contribution in [-0.4, -0.2) is 32.8 Å². The van der Waals surface area contributed by atoms with Gasteiger partial charge in [-0.1, -0.05) is 0 Å². The van der Waals surface area contributed by atoms with E-state index >= 15 is 0 Å². The van der Waals surface area contributed by atoms with Gasteiger partial charge in [-0.05, 0) is 43.9 Å². The van der Waals surface area contributed by atoms with Crippen LogP contribution in [0.15, 0.2) is 18.3 Å². The number of nitrogens with zero attached hydrogens (tertiary/aromatic N) is 3. The van der Waals surface area contributed by atoms with E-state index in [-0.39, 0.29) is 0 Å². The molecule has 0 radical (unpaired) electrons. The van der Waals surface area contributed by atoms with Crippen LogP contribution >= 0.6 is 0 Å². The smallest absolute Gasteiger partial charge is 0.243 e. The first-order valence-corrected chi connectivity index (χ1v) is 6.53. The van der Waals surface area contributed by atoms with Crippen LogP contribution in [-0.2, 0) is 4.74 Å². The summed E-state index contributed by atoms with van der Waals surface area (Å²) in [5.74, 6) is 0.710. The van der Waals surface area contributed by atoms with E-state index in [4.69, 9.17) is 4.74 Å². The minimum atomic E-state index is 0.350. The molecule has 2 aliphatic rings. The second-order valence-electron chi connectivity index (χ2n) is 5.30. The maximum absolute atomic E-state index is 5.83. The van der Waals surface area contributed by atoms with Gasteiger partial charge in [0.1, 0.15) is 0 Å². The number of aromatic nitrogens is 3. The summed E-state index contributed by atoms with van der Waals surface area (Å²) in [7, 11) is 0. The molecule has 2 aliphatic heterocycles. The van der Waals surface area contributed by atoms with Gasteiger partial charge in [-0.3, -0.25) is 0 Å². The Balaban J connectivity index is 1.59. The first-order chi connectivity index (χ1) is 8.78. The molecule has 2 saturated heterocycles. The Morgan fingerprint density at radius 2 is 2.39 bits per heavy atom. The Morgan fingerprint density at radius 1 is 1.44 bits per heavy atom. The molecule has 0 spiro atoms. The van der Waals surface area contributed by atoms with Crippen LogP contribution in [0.2, 0.25) is 0 Å². The molecule has 2 bridgehead atoms. The Kier molecular flexibility index (Phi) is 2.11. The van der Waals surface area contributed by atoms with Gasteiger partial charge < -0.3 is 10.1 Å². The normalized spacial score (nSPS) is 30.2. The summed E-state index contributed by atoms with van der Waals surface area (Å²) in [5.41, 5.74) is 2.09. The van der Waals surface area contributed by atoms with Crippen LogP contribution < -0.4 is 5.32 Å². The molecule has 0 saturated carbocycles. The summed E-state index contributed by atoms with van der Waals surface area (Å²) in [6.07, 6.45) is 6.20. The van der Waals surface area contributed by atoms with E-state index in [9.17, 15) is 0 Å². The monoisotopic (exact) mass is 244 g/mol. The van der Waals surface area contributed by atoms with Crippen molar-refractivity contribution >= 4 is 11.6 Å². The highest BCUT2D eigenvalue weighted by atomic mass is 16.5. The van der Waals surface area contributed by atoms with Crippen molar-refractivity contribution in [1.82, 2.24) is 14.6 Å². The quantitative estimate of drug-likeness (QED) is 0.874. The summed E-state index contributed by atoms with van der Waals surface area (Å²) in [6, 6.07) is 4.45. The number of hydrogen-bond acceptors (Lipinski definition) is 4. The van der Waals surface area contributed by atoms with E-state index in [0.29, 0.717) is 24.2 Å². The van der Waals surface area contributed by atoms with Crippen molar-refractivity contribution in [3.8, 4) is 0 Å². The topological polar surface area (TPSA) is 51.5 Å². The molecule has 0 amide bonds. The van der Waals surface area contributed by atoms with Crippen LogP contribution in [0.3, 0.4) is 0 Å². The molecule has 4 heterocycles. The predicted octanol–water partition coefficient (Wildman–Crippen LogP) is 1.77. The Bertz CT molecular complexity index is 594. The van der Waals surface area contributed by atoms with Crippen molar-refractivity contribution in [3.63, 3.8) is 0 Å². The van der Waals surface area contributed by atoms with Crippen LogP contribution in [0.1, 0.15) is 24.8 Å². The minimum absolute atomic E-state index is 0.350. The van der Waals surface area contributed by atoms with E-state index in [1.165, 1.54) is 12.0 Å². The molecule has 3 unspecified atom stereocenters. The van der Waals surface area contributed by atoms with Crippen LogP contribution in [0.4, 0.5) is 5.95 Å². The zero-order valence-electron chi connectivity index (χ0n) is 10.3. The Hall–Kier alpha value is -1.62. The Morgan fingerprint density at radius 3 is 3.17 bits per heavy atom. The predicted molar refractivity (Wildman–Crippen MR) is 67.6 cm³/mol. The summed E-state index contributed by atoms with van der Waals surface area (Å²) < 4.78 is 7.63. The molecule has 94 valence electrons. The molecule has 18 heavy (non-hydrogen) atoms. The summed E-state index contributed by atoms with van der Waals surface area (Å²) in [6.45, 7) is 2.06. The van der Waals surface area contributed by atoms with Gasteiger partial charge in [0.15, 0.2) is 5.65 Å². The lowest BCUT2D eigenvalue weighted by atomic mass is 9.96. The van der Waals surface area contributed by atoms with Gasteiger partial charge in [0.2, 0.25) is 5.95 Å². The molecule has 3 atom stereocenters. The molecule has 1 N–H and O–H groups in total. The van der Waals surface area contributed by atoms with Crippen molar-refractivity contribution in [3.05, 3.63) is 23.9 Å². The summed E-state index contributed by atoms with van der Waals surface area (Å²) in [4.78, 5) is 4.51. The van der Waals surface area contributed by atoms with Crippen molar-refractivity contribution in [1.29, 1.82) is 0 Å². The molecule has 4 rings (SSSR count). The highest BCUT2D eigenvalue weighted by molar-refractivity contribution is 5.45.